The van der Waals surface area contributed by atoms with Gasteiger partial charge in [-0.05, 0) is 40.0 Å². The van der Waals surface area contributed by atoms with E-state index in [1.54, 1.807) is 0 Å². The van der Waals surface area contributed by atoms with Crippen molar-refractivity contribution in [3.63, 3.8) is 0 Å². The molecule has 0 spiro atoms. The molecule has 1 saturated heterocycles. The molecule has 1 fully saturated rings. The SMILES string of the molecule is Cc1nn(C(C)C)c(C)c1CNC(=O)C[C@H]1CCOC1. The van der Waals surface area contributed by atoms with E-state index in [9.17, 15) is 4.79 Å². The van der Waals surface area contributed by atoms with Crippen LogP contribution >= 0.6 is 0 Å². The molecule has 0 aliphatic carbocycles. The van der Waals surface area contributed by atoms with Crippen molar-refractivity contribution >= 4 is 5.91 Å². The molecule has 1 atom stereocenters. The van der Waals surface area contributed by atoms with E-state index >= 15 is 0 Å². The summed E-state index contributed by atoms with van der Waals surface area (Å²) >= 11 is 0. The van der Waals surface area contributed by atoms with Gasteiger partial charge >= 0.3 is 0 Å². The third-order valence-corrected chi connectivity index (χ3v) is 3.92. The zero-order chi connectivity index (χ0) is 14.7. The predicted octanol–water partition coefficient (Wildman–Crippen LogP) is 2.12. The number of rotatable bonds is 5. The van der Waals surface area contributed by atoms with Gasteiger partial charge in [-0.25, -0.2) is 0 Å². The first kappa shape index (κ1) is 15.0. The second kappa shape index (κ2) is 6.39. The van der Waals surface area contributed by atoms with E-state index in [0.717, 1.165) is 36.6 Å². The minimum absolute atomic E-state index is 0.108. The van der Waals surface area contributed by atoms with Crippen molar-refractivity contribution in [1.82, 2.24) is 15.1 Å². The molecule has 1 aromatic rings. The third-order valence-electron chi connectivity index (χ3n) is 3.92. The van der Waals surface area contributed by atoms with Crippen LogP contribution < -0.4 is 5.32 Å². The van der Waals surface area contributed by atoms with Crippen LogP contribution in [0.1, 0.15) is 49.7 Å². The Kier molecular flexibility index (Phi) is 4.81. The number of hydrogen-bond donors (Lipinski definition) is 1. The largest absolute Gasteiger partial charge is 0.381 e. The van der Waals surface area contributed by atoms with Gasteiger partial charge in [-0.3, -0.25) is 9.48 Å². The smallest absolute Gasteiger partial charge is 0.220 e. The Labute approximate surface area is 120 Å². The molecule has 0 aromatic carbocycles. The molecule has 1 amide bonds. The number of ether oxygens (including phenoxy) is 1. The van der Waals surface area contributed by atoms with Crippen molar-refractivity contribution in [2.75, 3.05) is 13.2 Å². The van der Waals surface area contributed by atoms with Gasteiger partial charge in [0.1, 0.15) is 0 Å². The maximum absolute atomic E-state index is 11.9. The molecule has 0 bridgehead atoms. The molecule has 2 rings (SSSR count). The molecule has 0 unspecified atom stereocenters. The molecule has 1 aliphatic rings. The highest BCUT2D eigenvalue weighted by Crippen LogP contribution is 2.18. The van der Waals surface area contributed by atoms with E-state index < -0.39 is 0 Å². The summed E-state index contributed by atoms with van der Waals surface area (Å²) in [7, 11) is 0. The number of aryl methyl sites for hydroxylation is 1. The Hall–Kier alpha value is -1.36. The van der Waals surface area contributed by atoms with Crippen molar-refractivity contribution in [1.29, 1.82) is 0 Å². The van der Waals surface area contributed by atoms with E-state index in [-0.39, 0.29) is 5.91 Å². The van der Waals surface area contributed by atoms with E-state index in [1.807, 2.05) is 11.6 Å². The summed E-state index contributed by atoms with van der Waals surface area (Å²) in [5.74, 6) is 0.493. The maximum atomic E-state index is 11.9. The molecule has 1 aliphatic heterocycles. The molecular weight excluding hydrogens is 254 g/mol. The Morgan fingerprint density at radius 3 is 2.80 bits per heavy atom. The molecule has 0 saturated carbocycles. The second-order valence-electron chi connectivity index (χ2n) is 5.90. The van der Waals surface area contributed by atoms with Gasteiger partial charge in [-0.2, -0.15) is 5.10 Å². The zero-order valence-electron chi connectivity index (χ0n) is 12.9. The summed E-state index contributed by atoms with van der Waals surface area (Å²) in [6, 6.07) is 0.341. The molecular formula is C15H25N3O2. The van der Waals surface area contributed by atoms with Crippen molar-refractivity contribution in [2.24, 2.45) is 5.92 Å². The first-order chi connectivity index (χ1) is 9.49. The fraction of sp³-hybridized carbons (Fsp3) is 0.733. The van der Waals surface area contributed by atoms with Crippen molar-refractivity contribution in [2.45, 2.75) is 53.1 Å². The van der Waals surface area contributed by atoms with Crippen LogP contribution in [-0.2, 0) is 16.1 Å². The van der Waals surface area contributed by atoms with Gasteiger partial charge in [0.15, 0.2) is 0 Å². The highest BCUT2D eigenvalue weighted by molar-refractivity contribution is 5.76. The van der Waals surface area contributed by atoms with Crippen LogP contribution in [0.3, 0.4) is 0 Å². The predicted molar refractivity (Wildman–Crippen MR) is 77.5 cm³/mol. The molecule has 1 aromatic heterocycles. The molecule has 112 valence electrons. The minimum Gasteiger partial charge on any atom is -0.381 e. The van der Waals surface area contributed by atoms with Crippen molar-refractivity contribution in [3.05, 3.63) is 17.0 Å². The summed E-state index contributed by atoms with van der Waals surface area (Å²) in [4.78, 5) is 11.9. The number of carbonyl (C=O) groups excluding carboxylic acids is 1. The number of carbonyl (C=O) groups is 1. The first-order valence-corrected chi connectivity index (χ1v) is 7.38. The lowest BCUT2D eigenvalue weighted by atomic mass is 10.0. The second-order valence-corrected chi connectivity index (χ2v) is 5.90. The van der Waals surface area contributed by atoms with Crippen LogP contribution in [0.4, 0.5) is 0 Å². The van der Waals surface area contributed by atoms with Gasteiger partial charge in [-0.1, -0.05) is 0 Å². The van der Waals surface area contributed by atoms with Crippen LogP contribution in [0.25, 0.3) is 0 Å². The number of amides is 1. The van der Waals surface area contributed by atoms with Crippen molar-refractivity contribution < 1.29 is 9.53 Å². The van der Waals surface area contributed by atoms with Gasteiger partial charge in [0.25, 0.3) is 0 Å². The minimum atomic E-state index is 0.108. The first-order valence-electron chi connectivity index (χ1n) is 7.38. The van der Waals surface area contributed by atoms with Gasteiger partial charge in [0, 0.05) is 43.5 Å². The lowest BCUT2D eigenvalue weighted by Gasteiger charge is -2.10. The van der Waals surface area contributed by atoms with Crippen molar-refractivity contribution in [3.8, 4) is 0 Å². The maximum Gasteiger partial charge on any atom is 0.220 e. The fourth-order valence-corrected chi connectivity index (χ4v) is 2.72. The zero-order valence-corrected chi connectivity index (χ0v) is 12.9. The standard InChI is InChI=1S/C15H25N3O2/c1-10(2)18-12(4)14(11(3)17-18)8-16-15(19)7-13-5-6-20-9-13/h10,13H,5-9H2,1-4H3,(H,16,19)/t13-/m1/s1. The van der Waals surface area contributed by atoms with Gasteiger partial charge < -0.3 is 10.1 Å². The summed E-state index contributed by atoms with van der Waals surface area (Å²) in [6.45, 7) is 10.4. The number of aromatic nitrogens is 2. The van der Waals surface area contributed by atoms with Crippen LogP contribution in [0.15, 0.2) is 0 Å². The Balaban J connectivity index is 1.91. The molecule has 20 heavy (non-hydrogen) atoms. The molecule has 2 heterocycles. The fourth-order valence-electron chi connectivity index (χ4n) is 2.72. The third kappa shape index (κ3) is 3.39. The molecule has 1 N–H and O–H groups in total. The average molecular weight is 279 g/mol. The monoisotopic (exact) mass is 279 g/mol. The van der Waals surface area contributed by atoms with E-state index in [2.05, 4.69) is 31.2 Å². The number of nitrogens with one attached hydrogen (secondary N) is 1. The lowest BCUT2D eigenvalue weighted by Crippen LogP contribution is -2.25. The Morgan fingerprint density at radius 2 is 2.25 bits per heavy atom. The quantitative estimate of drug-likeness (QED) is 0.898. The van der Waals surface area contributed by atoms with Gasteiger partial charge in [-0.15, -0.1) is 0 Å². The highest BCUT2D eigenvalue weighted by Gasteiger charge is 2.20. The normalized spacial score (nSPS) is 18.8. The summed E-state index contributed by atoms with van der Waals surface area (Å²) in [5.41, 5.74) is 3.28. The summed E-state index contributed by atoms with van der Waals surface area (Å²) < 4.78 is 7.31. The Bertz CT molecular complexity index is 474. The summed E-state index contributed by atoms with van der Waals surface area (Å²) in [5, 5.41) is 7.55. The molecule has 5 heteroatoms. The van der Waals surface area contributed by atoms with Gasteiger partial charge in [0.2, 0.25) is 5.91 Å². The highest BCUT2D eigenvalue weighted by atomic mass is 16.5. The van der Waals surface area contributed by atoms with Crippen LogP contribution in [0, 0.1) is 19.8 Å². The number of hydrogen-bond acceptors (Lipinski definition) is 3. The van der Waals surface area contributed by atoms with E-state index in [0.29, 0.717) is 24.9 Å². The van der Waals surface area contributed by atoms with Crippen LogP contribution in [-0.4, -0.2) is 28.9 Å². The van der Waals surface area contributed by atoms with Gasteiger partial charge in [0.05, 0.1) is 5.69 Å². The number of nitrogens with zero attached hydrogens (tertiary/aromatic N) is 2. The van der Waals surface area contributed by atoms with E-state index in [4.69, 9.17) is 4.74 Å². The molecule has 5 nitrogen and oxygen atoms in total. The lowest BCUT2D eigenvalue weighted by molar-refractivity contribution is -0.122. The van der Waals surface area contributed by atoms with Crippen LogP contribution in [0.5, 0.6) is 0 Å². The van der Waals surface area contributed by atoms with Crippen LogP contribution in [0.2, 0.25) is 0 Å². The Morgan fingerprint density at radius 1 is 1.50 bits per heavy atom. The topological polar surface area (TPSA) is 56.2 Å². The average Bonchev–Trinajstić information content (AvgIpc) is 2.96. The molecule has 0 radical (unpaired) electrons. The van der Waals surface area contributed by atoms with E-state index in [1.165, 1.54) is 0 Å². The summed E-state index contributed by atoms with van der Waals surface area (Å²) in [6.07, 6.45) is 1.56.